The van der Waals surface area contributed by atoms with Gasteiger partial charge in [0.1, 0.15) is 17.0 Å². The van der Waals surface area contributed by atoms with E-state index in [0.717, 1.165) is 5.39 Å². The molecule has 0 fully saturated rings. The third-order valence-electron chi connectivity index (χ3n) is 3.09. The van der Waals surface area contributed by atoms with Crippen LogP contribution in [0.5, 0.6) is 11.5 Å². The molecular weight excluding hydrogens is 280 g/mol. The number of carbonyl (C=O) groups excluding carboxylic acids is 1. The average molecular weight is 294 g/mol. The number of aromatic nitrogens is 2. The molecule has 0 aliphatic rings. The summed E-state index contributed by atoms with van der Waals surface area (Å²) in [6.45, 7) is 2.45. The van der Waals surface area contributed by atoms with Crippen molar-refractivity contribution < 1.29 is 14.3 Å². The van der Waals surface area contributed by atoms with Gasteiger partial charge in [-0.2, -0.15) is 0 Å². The number of hydrogen-bond acceptors (Lipinski definition) is 5. The van der Waals surface area contributed by atoms with E-state index < -0.39 is 5.97 Å². The highest BCUT2D eigenvalue weighted by Gasteiger charge is 2.13. The van der Waals surface area contributed by atoms with E-state index in [-0.39, 0.29) is 0 Å². The van der Waals surface area contributed by atoms with E-state index in [1.807, 2.05) is 25.1 Å². The van der Waals surface area contributed by atoms with Crippen LogP contribution in [-0.4, -0.2) is 22.5 Å². The average Bonchev–Trinajstić information content (AvgIpc) is 2.57. The van der Waals surface area contributed by atoms with Gasteiger partial charge in [-0.15, -0.1) is 0 Å². The van der Waals surface area contributed by atoms with Gasteiger partial charge in [-0.3, -0.25) is 9.97 Å². The molecule has 0 saturated heterocycles. The molecule has 2 aromatic heterocycles. The number of hydrogen-bond donors (Lipinski definition) is 0. The van der Waals surface area contributed by atoms with Crippen LogP contribution in [0.15, 0.2) is 55.0 Å². The SMILES string of the molecule is CCOc1cccc2c(OC(=O)c3cccnc3)ccnc12. The highest BCUT2D eigenvalue weighted by molar-refractivity contribution is 5.95. The van der Waals surface area contributed by atoms with Crippen LogP contribution in [0.1, 0.15) is 17.3 Å². The van der Waals surface area contributed by atoms with Crippen LogP contribution in [-0.2, 0) is 0 Å². The molecule has 0 radical (unpaired) electrons. The zero-order chi connectivity index (χ0) is 15.4. The Morgan fingerprint density at radius 1 is 1.09 bits per heavy atom. The molecule has 0 bridgehead atoms. The first-order chi connectivity index (χ1) is 10.8. The molecule has 0 spiro atoms. The van der Waals surface area contributed by atoms with Crippen LogP contribution in [0.25, 0.3) is 10.9 Å². The van der Waals surface area contributed by atoms with Gasteiger partial charge in [-0.1, -0.05) is 6.07 Å². The van der Waals surface area contributed by atoms with Crippen LogP contribution in [0.2, 0.25) is 0 Å². The number of fused-ring (bicyclic) bond motifs is 1. The standard InChI is InChI=1S/C17H14N2O3/c1-2-21-15-7-3-6-13-14(8-10-19-16(13)15)22-17(20)12-5-4-9-18-11-12/h3-11H,2H2,1H3. The lowest BCUT2D eigenvalue weighted by Gasteiger charge is -2.10. The quantitative estimate of drug-likeness (QED) is 0.691. The van der Waals surface area contributed by atoms with Crippen molar-refractivity contribution in [1.29, 1.82) is 0 Å². The summed E-state index contributed by atoms with van der Waals surface area (Å²) >= 11 is 0. The normalized spacial score (nSPS) is 10.4. The minimum absolute atomic E-state index is 0.397. The Kier molecular flexibility index (Phi) is 3.96. The maximum absolute atomic E-state index is 12.2. The second-order valence-corrected chi connectivity index (χ2v) is 4.53. The van der Waals surface area contributed by atoms with E-state index in [0.29, 0.717) is 29.2 Å². The summed E-state index contributed by atoms with van der Waals surface area (Å²) in [4.78, 5) is 20.4. The second-order valence-electron chi connectivity index (χ2n) is 4.53. The fourth-order valence-electron chi connectivity index (χ4n) is 2.13. The minimum atomic E-state index is -0.456. The first-order valence-electron chi connectivity index (χ1n) is 6.92. The highest BCUT2D eigenvalue weighted by atomic mass is 16.5. The zero-order valence-corrected chi connectivity index (χ0v) is 12.0. The van der Waals surface area contributed by atoms with Crippen molar-refractivity contribution >= 4 is 16.9 Å². The van der Waals surface area contributed by atoms with Gasteiger partial charge in [0.2, 0.25) is 0 Å². The van der Waals surface area contributed by atoms with E-state index in [9.17, 15) is 4.79 Å². The molecule has 1 aromatic carbocycles. The summed E-state index contributed by atoms with van der Waals surface area (Å²) in [5, 5.41) is 0.727. The molecular formula is C17H14N2O3. The van der Waals surface area contributed by atoms with Crippen LogP contribution in [0.3, 0.4) is 0 Å². The summed E-state index contributed by atoms with van der Waals surface area (Å²) in [5.41, 5.74) is 1.06. The maximum Gasteiger partial charge on any atom is 0.345 e. The first-order valence-corrected chi connectivity index (χ1v) is 6.92. The van der Waals surface area contributed by atoms with Crippen molar-refractivity contribution in [2.24, 2.45) is 0 Å². The first kappa shape index (κ1) is 14.0. The maximum atomic E-state index is 12.2. The van der Waals surface area contributed by atoms with E-state index in [4.69, 9.17) is 9.47 Å². The predicted octanol–water partition coefficient (Wildman–Crippen LogP) is 3.25. The summed E-state index contributed by atoms with van der Waals surface area (Å²) in [6.07, 6.45) is 4.67. The fourth-order valence-corrected chi connectivity index (χ4v) is 2.13. The van der Waals surface area contributed by atoms with Crippen LogP contribution >= 0.6 is 0 Å². The molecule has 0 aliphatic heterocycles. The van der Waals surface area contributed by atoms with Gasteiger partial charge in [0, 0.05) is 24.0 Å². The molecule has 0 amide bonds. The Balaban J connectivity index is 1.98. The lowest BCUT2D eigenvalue weighted by Crippen LogP contribution is -2.09. The number of rotatable bonds is 4. The summed E-state index contributed by atoms with van der Waals surface area (Å²) in [7, 11) is 0. The number of benzene rings is 1. The van der Waals surface area contributed by atoms with Gasteiger partial charge in [-0.25, -0.2) is 4.79 Å². The van der Waals surface area contributed by atoms with Crippen molar-refractivity contribution in [3.63, 3.8) is 0 Å². The molecule has 0 saturated carbocycles. The Hall–Kier alpha value is -2.95. The molecule has 22 heavy (non-hydrogen) atoms. The van der Waals surface area contributed by atoms with Gasteiger partial charge in [0.05, 0.1) is 12.2 Å². The van der Waals surface area contributed by atoms with E-state index >= 15 is 0 Å². The molecule has 110 valence electrons. The molecule has 0 unspecified atom stereocenters. The Bertz CT molecular complexity index is 803. The molecule has 0 N–H and O–H groups in total. The van der Waals surface area contributed by atoms with Crippen molar-refractivity contribution in [3.8, 4) is 11.5 Å². The van der Waals surface area contributed by atoms with Gasteiger partial charge >= 0.3 is 5.97 Å². The molecule has 5 nitrogen and oxygen atoms in total. The van der Waals surface area contributed by atoms with Gasteiger partial charge in [0.15, 0.2) is 0 Å². The number of ether oxygens (including phenoxy) is 2. The largest absolute Gasteiger partial charge is 0.492 e. The molecule has 3 rings (SSSR count). The van der Waals surface area contributed by atoms with Crippen molar-refractivity contribution in [1.82, 2.24) is 9.97 Å². The molecule has 2 heterocycles. The zero-order valence-electron chi connectivity index (χ0n) is 12.0. The minimum Gasteiger partial charge on any atom is -0.492 e. The number of esters is 1. The predicted molar refractivity (Wildman–Crippen MR) is 82.1 cm³/mol. The van der Waals surface area contributed by atoms with E-state index in [1.165, 1.54) is 6.20 Å². The lowest BCUT2D eigenvalue weighted by molar-refractivity contribution is 0.0736. The second kappa shape index (κ2) is 6.22. The monoisotopic (exact) mass is 294 g/mol. The number of nitrogens with zero attached hydrogens (tertiary/aromatic N) is 2. The fraction of sp³-hybridized carbons (Fsp3) is 0.118. The number of carbonyl (C=O) groups is 1. The summed E-state index contributed by atoms with van der Waals surface area (Å²) < 4.78 is 11.0. The van der Waals surface area contributed by atoms with Gasteiger partial charge in [0.25, 0.3) is 0 Å². The number of para-hydroxylation sites is 1. The summed E-state index contributed by atoms with van der Waals surface area (Å²) in [6, 6.07) is 10.5. The Morgan fingerprint density at radius 3 is 2.77 bits per heavy atom. The molecule has 5 heteroatoms. The third-order valence-corrected chi connectivity index (χ3v) is 3.09. The van der Waals surface area contributed by atoms with Crippen molar-refractivity contribution in [2.45, 2.75) is 6.92 Å². The van der Waals surface area contributed by atoms with Gasteiger partial charge in [-0.05, 0) is 37.3 Å². The molecule has 3 aromatic rings. The number of pyridine rings is 2. The van der Waals surface area contributed by atoms with Crippen LogP contribution < -0.4 is 9.47 Å². The van der Waals surface area contributed by atoms with Gasteiger partial charge < -0.3 is 9.47 Å². The van der Waals surface area contributed by atoms with E-state index in [2.05, 4.69) is 9.97 Å². The Labute approximate surface area is 127 Å². The van der Waals surface area contributed by atoms with E-state index in [1.54, 1.807) is 30.6 Å². The van der Waals surface area contributed by atoms with Crippen LogP contribution in [0.4, 0.5) is 0 Å². The van der Waals surface area contributed by atoms with Crippen molar-refractivity contribution in [3.05, 3.63) is 60.6 Å². The third kappa shape index (κ3) is 2.74. The summed E-state index contributed by atoms with van der Waals surface area (Å²) in [5.74, 6) is 0.655. The smallest absolute Gasteiger partial charge is 0.345 e. The van der Waals surface area contributed by atoms with Crippen LogP contribution in [0, 0.1) is 0 Å². The molecule has 0 aliphatic carbocycles. The highest BCUT2D eigenvalue weighted by Crippen LogP contribution is 2.30. The topological polar surface area (TPSA) is 61.3 Å². The Morgan fingerprint density at radius 2 is 2.00 bits per heavy atom. The lowest BCUT2D eigenvalue weighted by atomic mass is 10.2. The molecule has 0 atom stereocenters. The van der Waals surface area contributed by atoms with Crippen molar-refractivity contribution in [2.75, 3.05) is 6.61 Å².